The van der Waals surface area contributed by atoms with Gasteiger partial charge in [-0.25, -0.2) is 9.97 Å². The van der Waals surface area contributed by atoms with Gasteiger partial charge in [-0.15, -0.1) is 0 Å². The highest BCUT2D eigenvalue weighted by Gasteiger charge is 2.40. The molecule has 0 spiro atoms. The molecule has 2 aliphatic heterocycles. The van der Waals surface area contributed by atoms with Crippen LogP contribution in [0, 0.1) is 17.2 Å². The van der Waals surface area contributed by atoms with Gasteiger partial charge in [0.25, 0.3) is 0 Å². The van der Waals surface area contributed by atoms with Gasteiger partial charge in [-0.05, 0) is 62.1 Å². The first-order chi connectivity index (χ1) is 23.8. The Bertz CT molecular complexity index is 1470. The van der Waals surface area contributed by atoms with Gasteiger partial charge in [-0.3, -0.25) is 9.59 Å². The number of rotatable bonds is 16. The summed E-state index contributed by atoms with van der Waals surface area (Å²) in [5, 5.41) is 62.0. The van der Waals surface area contributed by atoms with E-state index in [1.807, 2.05) is 6.07 Å². The number of nitrogens with zero attached hydrogens (tertiary/aromatic N) is 5. The average molecular weight is 708 g/mol. The SMILES string of the molecule is N#Cc1ccc(CCNC(=O)[C@@H]2CCN2c2cc(N3CCC(CCCC(=O)NC[C@@H](O)[C@H](O)[C@@H](O)[C@@H](O)CO)CC3)nc(C(F)(F)F)n2)cc1. The van der Waals surface area contributed by atoms with Gasteiger partial charge in [0.05, 0.1) is 24.3 Å². The summed E-state index contributed by atoms with van der Waals surface area (Å²) >= 11 is 0. The first-order valence-corrected chi connectivity index (χ1v) is 16.6. The first-order valence-electron chi connectivity index (χ1n) is 16.6. The number of hydrogen-bond acceptors (Lipinski definition) is 12. The normalized spacial score (nSPS) is 19.1. The fourth-order valence-corrected chi connectivity index (χ4v) is 5.98. The zero-order chi connectivity index (χ0) is 36.4. The Morgan fingerprint density at radius 1 is 0.960 bits per heavy atom. The summed E-state index contributed by atoms with van der Waals surface area (Å²) in [7, 11) is 0. The second-order valence-corrected chi connectivity index (χ2v) is 12.7. The number of alkyl halides is 3. The van der Waals surface area contributed by atoms with Crippen molar-refractivity contribution in [2.75, 3.05) is 49.1 Å². The number of amides is 2. The molecule has 2 aromatic rings. The topological polar surface area (TPSA) is 215 Å². The molecule has 2 saturated heterocycles. The number of aliphatic hydroxyl groups excluding tert-OH is 5. The van der Waals surface area contributed by atoms with E-state index in [2.05, 4.69) is 20.6 Å². The van der Waals surface area contributed by atoms with E-state index in [-0.39, 0.29) is 42.3 Å². The quantitative estimate of drug-likeness (QED) is 0.125. The molecule has 274 valence electrons. The lowest BCUT2D eigenvalue weighted by atomic mass is 9.91. The van der Waals surface area contributed by atoms with Crippen LogP contribution in [0.4, 0.5) is 24.8 Å². The van der Waals surface area contributed by atoms with Gasteiger partial charge in [0.2, 0.25) is 17.6 Å². The summed E-state index contributed by atoms with van der Waals surface area (Å²) in [5.74, 6) is -1.59. The minimum atomic E-state index is -4.79. The molecule has 17 heteroatoms. The molecule has 7 N–H and O–H groups in total. The summed E-state index contributed by atoms with van der Waals surface area (Å²) in [6.45, 7) is 0.399. The molecule has 14 nitrogen and oxygen atoms in total. The maximum atomic E-state index is 13.9. The van der Waals surface area contributed by atoms with Crippen molar-refractivity contribution < 1.29 is 48.3 Å². The maximum Gasteiger partial charge on any atom is 0.451 e. The molecule has 1 aromatic heterocycles. The van der Waals surface area contributed by atoms with Crippen LogP contribution in [0.5, 0.6) is 0 Å². The largest absolute Gasteiger partial charge is 0.451 e. The Hall–Kier alpha value is -4.08. The smallest absolute Gasteiger partial charge is 0.394 e. The predicted molar refractivity (Wildman–Crippen MR) is 174 cm³/mol. The highest BCUT2D eigenvalue weighted by Crippen LogP contribution is 2.34. The zero-order valence-corrected chi connectivity index (χ0v) is 27.5. The van der Waals surface area contributed by atoms with Crippen LogP contribution in [-0.4, -0.2) is 117 Å². The van der Waals surface area contributed by atoms with Gasteiger partial charge in [0, 0.05) is 45.2 Å². The Labute approximate surface area is 287 Å². The number of carbonyl (C=O) groups is 2. The van der Waals surface area contributed by atoms with Crippen molar-refractivity contribution in [2.45, 2.75) is 81.6 Å². The second kappa shape index (κ2) is 17.7. The third-order valence-corrected chi connectivity index (χ3v) is 9.15. The number of halogens is 3. The molecule has 2 aliphatic rings. The van der Waals surface area contributed by atoms with Crippen molar-refractivity contribution in [3.8, 4) is 6.07 Å². The molecule has 4 rings (SSSR count). The fraction of sp³-hybridized carbons (Fsp3) is 0.606. The number of aliphatic hydroxyl groups is 5. The van der Waals surface area contributed by atoms with Gasteiger partial charge < -0.3 is 46.0 Å². The van der Waals surface area contributed by atoms with E-state index in [9.17, 15) is 43.2 Å². The summed E-state index contributed by atoms with van der Waals surface area (Å²) < 4.78 is 41.6. The van der Waals surface area contributed by atoms with E-state index in [0.717, 1.165) is 5.56 Å². The van der Waals surface area contributed by atoms with E-state index >= 15 is 0 Å². The summed E-state index contributed by atoms with van der Waals surface area (Å²) in [4.78, 5) is 36.1. The number of anilines is 2. The van der Waals surface area contributed by atoms with Crippen molar-refractivity contribution in [3.63, 3.8) is 0 Å². The highest BCUT2D eigenvalue weighted by atomic mass is 19.4. The Kier molecular flexibility index (Phi) is 13.7. The van der Waals surface area contributed by atoms with Crippen molar-refractivity contribution in [3.05, 3.63) is 47.3 Å². The first kappa shape index (κ1) is 38.7. The van der Waals surface area contributed by atoms with Gasteiger partial charge in [0.1, 0.15) is 36.0 Å². The average Bonchev–Trinajstić information content (AvgIpc) is 3.09. The molecule has 2 fully saturated rings. The molecule has 3 heterocycles. The Morgan fingerprint density at radius 2 is 1.62 bits per heavy atom. The number of benzene rings is 1. The predicted octanol–water partition coefficient (Wildman–Crippen LogP) is 0.243. The lowest BCUT2D eigenvalue weighted by Crippen LogP contribution is -2.57. The fourth-order valence-electron chi connectivity index (χ4n) is 5.98. The molecule has 0 saturated carbocycles. The monoisotopic (exact) mass is 707 g/mol. The summed E-state index contributed by atoms with van der Waals surface area (Å²) in [6.07, 6.45) is -7.90. The Balaban J connectivity index is 1.25. The van der Waals surface area contributed by atoms with Crippen LogP contribution in [0.1, 0.15) is 55.5 Å². The maximum absolute atomic E-state index is 13.9. The van der Waals surface area contributed by atoms with Gasteiger partial charge >= 0.3 is 6.18 Å². The van der Waals surface area contributed by atoms with E-state index in [4.69, 9.17) is 10.4 Å². The summed E-state index contributed by atoms with van der Waals surface area (Å²) in [5.41, 5.74) is 1.47. The lowest BCUT2D eigenvalue weighted by molar-refractivity contribution is -0.144. The van der Waals surface area contributed by atoms with Gasteiger partial charge in [0.15, 0.2) is 0 Å². The number of piperidine rings is 1. The molecule has 0 aliphatic carbocycles. The zero-order valence-electron chi connectivity index (χ0n) is 27.5. The van der Waals surface area contributed by atoms with Crippen LogP contribution in [-0.2, 0) is 22.2 Å². The van der Waals surface area contributed by atoms with Crippen LogP contribution in [0.25, 0.3) is 0 Å². The number of nitriles is 1. The molecule has 0 radical (unpaired) electrons. The molecule has 1 aromatic carbocycles. The molecular weight excluding hydrogens is 663 g/mol. The van der Waals surface area contributed by atoms with Crippen LogP contribution >= 0.6 is 0 Å². The Morgan fingerprint density at radius 3 is 2.22 bits per heavy atom. The molecule has 0 bridgehead atoms. The third kappa shape index (κ3) is 10.5. The third-order valence-electron chi connectivity index (χ3n) is 9.15. The molecule has 50 heavy (non-hydrogen) atoms. The standard InChI is InChI=1S/C33H44F3N7O7/c34-33(35,36)32-40-26(16-27(41-32)43-15-11-23(43)31(50)38-12-8-21-4-6-22(17-37)7-5-21)42-13-9-20(10-14-42)2-1-3-28(47)39-18-24(45)29(48)30(49)25(46)19-44/h4-7,16,20,23-25,29-30,44-46,48-49H,1-3,8-15,18-19H2,(H,38,50)(H,39,47)/t23-,24+,25-,29-,30-/m0/s1. The minimum absolute atomic E-state index is 0.0330. The second-order valence-electron chi connectivity index (χ2n) is 12.7. The summed E-state index contributed by atoms with van der Waals surface area (Å²) in [6, 6.07) is 9.86. The number of carbonyl (C=O) groups excluding carboxylic acids is 2. The molecule has 0 unspecified atom stereocenters. The van der Waals surface area contributed by atoms with E-state index < -0.39 is 49.1 Å². The number of hydrogen-bond donors (Lipinski definition) is 7. The van der Waals surface area contributed by atoms with E-state index in [1.54, 1.807) is 34.1 Å². The van der Waals surface area contributed by atoms with Crippen LogP contribution in [0.15, 0.2) is 30.3 Å². The lowest BCUT2D eigenvalue weighted by Gasteiger charge is -2.41. The van der Waals surface area contributed by atoms with Crippen molar-refractivity contribution in [1.29, 1.82) is 5.26 Å². The van der Waals surface area contributed by atoms with E-state index in [0.29, 0.717) is 70.3 Å². The van der Waals surface area contributed by atoms with Gasteiger partial charge in [-0.2, -0.15) is 18.4 Å². The molecule has 2 amide bonds. The van der Waals surface area contributed by atoms with Crippen molar-refractivity contribution >= 4 is 23.5 Å². The van der Waals surface area contributed by atoms with E-state index in [1.165, 1.54) is 6.07 Å². The number of aromatic nitrogens is 2. The van der Waals surface area contributed by atoms with Crippen molar-refractivity contribution in [1.82, 2.24) is 20.6 Å². The molecular formula is C33H44F3N7O7. The van der Waals surface area contributed by atoms with Crippen LogP contribution in [0.2, 0.25) is 0 Å². The molecule has 5 atom stereocenters. The van der Waals surface area contributed by atoms with Gasteiger partial charge in [-0.1, -0.05) is 12.1 Å². The van der Waals surface area contributed by atoms with Crippen LogP contribution in [0.3, 0.4) is 0 Å². The van der Waals surface area contributed by atoms with Crippen LogP contribution < -0.4 is 20.4 Å². The van der Waals surface area contributed by atoms with Crippen molar-refractivity contribution in [2.24, 2.45) is 5.92 Å². The number of nitrogens with one attached hydrogen (secondary N) is 2. The minimum Gasteiger partial charge on any atom is -0.394 e. The highest BCUT2D eigenvalue weighted by molar-refractivity contribution is 5.86.